The van der Waals surface area contributed by atoms with E-state index in [0.29, 0.717) is 6.04 Å². The first-order valence-electron chi connectivity index (χ1n) is 8.02. The van der Waals surface area contributed by atoms with Crippen LogP contribution < -0.4 is 5.32 Å². The number of aliphatic hydroxyl groups is 1. The van der Waals surface area contributed by atoms with Gasteiger partial charge >= 0.3 is 0 Å². The van der Waals surface area contributed by atoms with Gasteiger partial charge in [0.05, 0.1) is 6.10 Å². The second kappa shape index (κ2) is 8.47. The minimum Gasteiger partial charge on any atom is -0.393 e. The van der Waals surface area contributed by atoms with Crippen molar-refractivity contribution in [2.45, 2.75) is 44.8 Å². The number of halogens is 1. The number of nitrogens with one attached hydrogen (secondary N) is 1. The maximum Gasteiger partial charge on any atom is 0.123 e. The van der Waals surface area contributed by atoms with Crippen LogP contribution in [0.1, 0.15) is 31.7 Å². The monoisotopic (exact) mass is 294 g/mol. The van der Waals surface area contributed by atoms with Gasteiger partial charge in [-0.05, 0) is 63.4 Å². The van der Waals surface area contributed by atoms with Crippen molar-refractivity contribution in [1.29, 1.82) is 0 Å². The first-order valence-corrected chi connectivity index (χ1v) is 8.02. The van der Waals surface area contributed by atoms with Gasteiger partial charge in [0.25, 0.3) is 0 Å². The quantitative estimate of drug-likeness (QED) is 0.757. The summed E-state index contributed by atoms with van der Waals surface area (Å²) in [5.74, 6) is -0.175. The fourth-order valence-electron chi connectivity index (χ4n) is 2.84. The number of piperidine rings is 1. The molecule has 4 heteroatoms. The van der Waals surface area contributed by atoms with E-state index >= 15 is 0 Å². The van der Waals surface area contributed by atoms with Crippen LogP contribution in [0.25, 0.3) is 0 Å². The Hall–Kier alpha value is -0.970. The molecule has 0 radical (unpaired) electrons. The second-order valence-electron chi connectivity index (χ2n) is 6.11. The van der Waals surface area contributed by atoms with E-state index in [2.05, 4.69) is 17.1 Å². The van der Waals surface area contributed by atoms with E-state index in [4.69, 9.17) is 0 Å². The van der Waals surface area contributed by atoms with Gasteiger partial charge in [-0.25, -0.2) is 4.39 Å². The molecule has 1 atom stereocenters. The minimum absolute atomic E-state index is 0.0879. The Morgan fingerprint density at radius 3 is 2.62 bits per heavy atom. The third-order valence-electron chi connectivity index (χ3n) is 4.16. The molecular weight excluding hydrogens is 267 g/mol. The zero-order valence-corrected chi connectivity index (χ0v) is 12.9. The number of hydrogen-bond acceptors (Lipinski definition) is 3. The highest BCUT2D eigenvalue weighted by atomic mass is 19.1. The smallest absolute Gasteiger partial charge is 0.123 e. The van der Waals surface area contributed by atoms with E-state index in [-0.39, 0.29) is 11.9 Å². The maximum absolute atomic E-state index is 12.8. The van der Waals surface area contributed by atoms with Gasteiger partial charge in [0.15, 0.2) is 0 Å². The Balaban J connectivity index is 1.57. The molecule has 1 unspecified atom stereocenters. The highest BCUT2D eigenvalue weighted by Gasteiger charge is 2.16. The molecule has 0 spiro atoms. The fraction of sp³-hybridized carbons (Fsp3) is 0.647. The lowest BCUT2D eigenvalue weighted by atomic mass is 10.1. The summed E-state index contributed by atoms with van der Waals surface area (Å²) in [4.78, 5) is 2.43. The summed E-state index contributed by atoms with van der Waals surface area (Å²) in [5, 5.41) is 13.0. The number of rotatable bonds is 7. The normalized spacial score (nSPS) is 18.8. The topological polar surface area (TPSA) is 35.5 Å². The van der Waals surface area contributed by atoms with Crippen LogP contribution in [-0.4, -0.2) is 48.3 Å². The third-order valence-corrected chi connectivity index (χ3v) is 4.16. The SMILES string of the molecule is CC(Cc1ccc(F)cc1)NCCCN1CCC(O)CC1. The van der Waals surface area contributed by atoms with Gasteiger partial charge in [-0.2, -0.15) is 0 Å². The first-order chi connectivity index (χ1) is 10.1. The highest BCUT2D eigenvalue weighted by molar-refractivity contribution is 5.16. The maximum atomic E-state index is 12.8. The Morgan fingerprint density at radius 2 is 1.95 bits per heavy atom. The lowest BCUT2D eigenvalue weighted by Gasteiger charge is -2.29. The van der Waals surface area contributed by atoms with E-state index in [0.717, 1.165) is 51.9 Å². The van der Waals surface area contributed by atoms with Gasteiger partial charge in [-0.3, -0.25) is 0 Å². The van der Waals surface area contributed by atoms with Gasteiger partial charge in [0.1, 0.15) is 5.82 Å². The van der Waals surface area contributed by atoms with Crippen molar-refractivity contribution < 1.29 is 9.50 Å². The number of aliphatic hydroxyl groups excluding tert-OH is 1. The van der Waals surface area contributed by atoms with Crippen molar-refractivity contribution in [2.75, 3.05) is 26.2 Å². The highest BCUT2D eigenvalue weighted by Crippen LogP contribution is 2.10. The summed E-state index contributed by atoms with van der Waals surface area (Å²) in [6.07, 6.45) is 3.79. The largest absolute Gasteiger partial charge is 0.393 e. The Labute approximate surface area is 127 Å². The molecule has 1 saturated heterocycles. The van der Waals surface area contributed by atoms with Crippen molar-refractivity contribution in [3.05, 3.63) is 35.6 Å². The molecule has 0 amide bonds. The average molecular weight is 294 g/mol. The number of nitrogens with zero attached hydrogens (tertiary/aromatic N) is 1. The van der Waals surface area contributed by atoms with Gasteiger partial charge < -0.3 is 15.3 Å². The molecule has 3 nitrogen and oxygen atoms in total. The summed E-state index contributed by atoms with van der Waals surface area (Å²) in [5.41, 5.74) is 1.17. The van der Waals surface area contributed by atoms with Crippen LogP contribution in [0.2, 0.25) is 0 Å². The van der Waals surface area contributed by atoms with Gasteiger partial charge in [-0.15, -0.1) is 0 Å². The summed E-state index contributed by atoms with van der Waals surface area (Å²) >= 11 is 0. The Bertz CT molecular complexity index is 402. The summed E-state index contributed by atoms with van der Waals surface area (Å²) < 4.78 is 12.8. The van der Waals surface area contributed by atoms with Crippen LogP contribution in [0, 0.1) is 5.82 Å². The van der Waals surface area contributed by atoms with E-state index < -0.39 is 0 Å². The second-order valence-corrected chi connectivity index (χ2v) is 6.11. The van der Waals surface area contributed by atoms with Crippen molar-refractivity contribution in [2.24, 2.45) is 0 Å². The molecule has 118 valence electrons. The standard InChI is InChI=1S/C17H27FN2O/c1-14(13-15-3-5-16(18)6-4-15)19-9-2-10-20-11-7-17(21)8-12-20/h3-6,14,17,19,21H,2,7-13H2,1H3. The van der Waals surface area contributed by atoms with Crippen molar-refractivity contribution in [1.82, 2.24) is 10.2 Å². The number of hydrogen-bond donors (Lipinski definition) is 2. The predicted molar refractivity (Wildman–Crippen MR) is 83.9 cm³/mol. The van der Waals surface area contributed by atoms with Crippen LogP contribution in [-0.2, 0) is 6.42 Å². The average Bonchev–Trinajstić information content (AvgIpc) is 2.48. The van der Waals surface area contributed by atoms with Crippen LogP contribution in [0.5, 0.6) is 0 Å². The molecule has 21 heavy (non-hydrogen) atoms. The molecule has 1 heterocycles. The van der Waals surface area contributed by atoms with Crippen LogP contribution >= 0.6 is 0 Å². The molecule has 1 aromatic rings. The van der Waals surface area contributed by atoms with Crippen molar-refractivity contribution >= 4 is 0 Å². The predicted octanol–water partition coefficient (Wildman–Crippen LogP) is 2.19. The molecule has 1 aliphatic heterocycles. The van der Waals surface area contributed by atoms with E-state index in [1.54, 1.807) is 0 Å². The van der Waals surface area contributed by atoms with Crippen molar-refractivity contribution in [3.8, 4) is 0 Å². The summed E-state index contributed by atoms with van der Waals surface area (Å²) in [6, 6.07) is 7.15. The van der Waals surface area contributed by atoms with Crippen LogP contribution in [0.3, 0.4) is 0 Å². The molecule has 0 aliphatic carbocycles. The van der Waals surface area contributed by atoms with E-state index in [1.807, 2.05) is 12.1 Å². The Kier molecular flexibility index (Phi) is 6.61. The Morgan fingerprint density at radius 1 is 1.29 bits per heavy atom. The summed E-state index contributed by atoms with van der Waals surface area (Å²) in [7, 11) is 0. The summed E-state index contributed by atoms with van der Waals surface area (Å²) in [6.45, 7) is 6.31. The number of benzene rings is 1. The van der Waals surface area contributed by atoms with Crippen molar-refractivity contribution in [3.63, 3.8) is 0 Å². The van der Waals surface area contributed by atoms with E-state index in [9.17, 15) is 9.50 Å². The van der Waals surface area contributed by atoms with Gasteiger partial charge in [-0.1, -0.05) is 12.1 Å². The van der Waals surface area contributed by atoms with Crippen LogP contribution in [0.15, 0.2) is 24.3 Å². The van der Waals surface area contributed by atoms with Gasteiger partial charge in [0.2, 0.25) is 0 Å². The third kappa shape index (κ3) is 6.12. The zero-order valence-electron chi connectivity index (χ0n) is 12.9. The molecule has 1 fully saturated rings. The zero-order chi connectivity index (χ0) is 15.1. The molecule has 0 bridgehead atoms. The molecule has 1 aromatic carbocycles. The fourth-order valence-corrected chi connectivity index (χ4v) is 2.84. The lowest BCUT2D eigenvalue weighted by Crippen LogP contribution is -2.38. The molecule has 2 rings (SSSR count). The van der Waals surface area contributed by atoms with Crippen LogP contribution in [0.4, 0.5) is 4.39 Å². The molecular formula is C17H27FN2O. The van der Waals surface area contributed by atoms with Gasteiger partial charge in [0, 0.05) is 19.1 Å². The molecule has 2 N–H and O–H groups in total. The molecule has 0 aromatic heterocycles. The minimum atomic E-state index is -0.175. The first kappa shape index (κ1) is 16.4. The van der Waals surface area contributed by atoms with E-state index in [1.165, 1.54) is 17.7 Å². The lowest BCUT2D eigenvalue weighted by molar-refractivity contribution is 0.0820. The number of likely N-dealkylation sites (tertiary alicyclic amines) is 1. The molecule has 0 saturated carbocycles. The molecule has 1 aliphatic rings.